The molecule has 2 atom stereocenters. The molecule has 0 N–H and O–H groups in total. The van der Waals surface area contributed by atoms with Crippen LogP contribution in [0, 0.1) is 6.92 Å². The largest absolute Gasteiger partial charge is 0.344 e. The van der Waals surface area contributed by atoms with Crippen molar-refractivity contribution in [1.82, 2.24) is 14.5 Å². The fourth-order valence-electron chi connectivity index (χ4n) is 5.14. The molecule has 2 aliphatic rings. The van der Waals surface area contributed by atoms with Crippen molar-refractivity contribution < 1.29 is 0 Å². The highest BCUT2D eigenvalue weighted by atomic mass is 15.2. The molecular weight excluding hydrogens is 318 g/mol. The molecule has 2 unspecified atom stereocenters. The summed E-state index contributed by atoms with van der Waals surface area (Å²) in [6.45, 7) is 8.10. The second-order valence-corrected chi connectivity index (χ2v) is 8.12. The molecule has 0 radical (unpaired) electrons. The van der Waals surface area contributed by atoms with Crippen LogP contribution >= 0.6 is 0 Å². The Bertz CT molecular complexity index is 941. The Morgan fingerprint density at radius 3 is 2.85 bits per heavy atom. The molecule has 2 aromatic heterocycles. The van der Waals surface area contributed by atoms with Crippen molar-refractivity contribution >= 4 is 10.9 Å². The van der Waals surface area contributed by atoms with Crippen LogP contribution in [-0.4, -0.2) is 27.5 Å². The second kappa shape index (κ2) is 6.24. The first-order chi connectivity index (χ1) is 12.7. The van der Waals surface area contributed by atoms with Crippen LogP contribution in [0.3, 0.4) is 0 Å². The standard InChI is InChI=1S/C23H27N3/c1-16-5-6-20-19(14-16)23-21-4-3-12-25(21)13-9-22(23)26(20)15-17(2)18-7-10-24-11-8-18/h5-8,10-11,14,17,21H,3-4,9,12-13,15H2,1-2H3. The average molecular weight is 345 g/mol. The Morgan fingerprint density at radius 1 is 1.15 bits per heavy atom. The summed E-state index contributed by atoms with van der Waals surface area (Å²) in [5.74, 6) is 0.487. The van der Waals surface area contributed by atoms with E-state index < -0.39 is 0 Å². The number of aryl methyl sites for hydroxylation is 1. The summed E-state index contributed by atoms with van der Waals surface area (Å²) >= 11 is 0. The summed E-state index contributed by atoms with van der Waals surface area (Å²) in [5, 5.41) is 1.50. The molecule has 4 heterocycles. The first kappa shape index (κ1) is 16.1. The number of nitrogens with zero attached hydrogens (tertiary/aromatic N) is 3. The molecule has 26 heavy (non-hydrogen) atoms. The van der Waals surface area contributed by atoms with E-state index in [1.807, 2.05) is 12.4 Å². The van der Waals surface area contributed by atoms with E-state index in [4.69, 9.17) is 0 Å². The van der Waals surface area contributed by atoms with Crippen LogP contribution in [-0.2, 0) is 13.0 Å². The fraction of sp³-hybridized carbons (Fsp3) is 0.435. The third-order valence-corrected chi connectivity index (χ3v) is 6.43. The average Bonchev–Trinajstić information content (AvgIpc) is 3.25. The van der Waals surface area contributed by atoms with Crippen LogP contribution in [0.25, 0.3) is 10.9 Å². The maximum atomic E-state index is 4.18. The zero-order valence-corrected chi connectivity index (χ0v) is 15.8. The van der Waals surface area contributed by atoms with Gasteiger partial charge in [0.15, 0.2) is 0 Å². The number of hydrogen-bond acceptors (Lipinski definition) is 2. The minimum Gasteiger partial charge on any atom is -0.344 e. The zero-order valence-electron chi connectivity index (χ0n) is 15.8. The van der Waals surface area contributed by atoms with Crippen LogP contribution in [0.2, 0.25) is 0 Å². The Balaban J connectivity index is 1.64. The monoisotopic (exact) mass is 345 g/mol. The molecule has 1 saturated heterocycles. The van der Waals surface area contributed by atoms with Gasteiger partial charge in [-0.15, -0.1) is 0 Å². The number of rotatable bonds is 3. The lowest BCUT2D eigenvalue weighted by atomic mass is 9.95. The molecule has 3 heteroatoms. The molecule has 1 fully saturated rings. The predicted molar refractivity (Wildman–Crippen MR) is 107 cm³/mol. The normalized spacial score (nSPS) is 20.9. The lowest BCUT2D eigenvalue weighted by Crippen LogP contribution is -2.31. The molecule has 3 aromatic rings. The lowest BCUT2D eigenvalue weighted by Gasteiger charge is -2.31. The Morgan fingerprint density at radius 2 is 2.00 bits per heavy atom. The zero-order chi connectivity index (χ0) is 17.7. The number of hydrogen-bond donors (Lipinski definition) is 0. The predicted octanol–water partition coefficient (Wildman–Crippen LogP) is 4.84. The number of aromatic nitrogens is 2. The van der Waals surface area contributed by atoms with Gasteiger partial charge in [-0.3, -0.25) is 9.88 Å². The molecule has 2 aliphatic heterocycles. The lowest BCUT2D eigenvalue weighted by molar-refractivity contribution is 0.241. The third-order valence-electron chi connectivity index (χ3n) is 6.43. The van der Waals surface area contributed by atoms with Crippen molar-refractivity contribution in [3.63, 3.8) is 0 Å². The Hall–Kier alpha value is -2.13. The van der Waals surface area contributed by atoms with Gasteiger partial charge in [-0.25, -0.2) is 0 Å². The van der Waals surface area contributed by atoms with E-state index in [9.17, 15) is 0 Å². The van der Waals surface area contributed by atoms with Crippen molar-refractivity contribution in [2.24, 2.45) is 0 Å². The second-order valence-electron chi connectivity index (χ2n) is 8.12. The highest BCUT2D eigenvalue weighted by Gasteiger charge is 2.35. The maximum absolute atomic E-state index is 4.18. The van der Waals surface area contributed by atoms with E-state index in [-0.39, 0.29) is 0 Å². The molecule has 0 bridgehead atoms. The Kier molecular flexibility index (Phi) is 3.86. The summed E-state index contributed by atoms with van der Waals surface area (Å²) < 4.78 is 2.63. The van der Waals surface area contributed by atoms with Gasteiger partial charge in [-0.2, -0.15) is 0 Å². The van der Waals surface area contributed by atoms with E-state index in [1.165, 1.54) is 54.4 Å². The number of fused-ring (bicyclic) bond motifs is 5. The topological polar surface area (TPSA) is 21.1 Å². The van der Waals surface area contributed by atoms with Crippen molar-refractivity contribution in [3.05, 3.63) is 65.1 Å². The van der Waals surface area contributed by atoms with Crippen molar-refractivity contribution in [2.75, 3.05) is 13.1 Å². The van der Waals surface area contributed by atoms with E-state index in [1.54, 1.807) is 11.3 Å². The van der Waals surface area contributed by atoms with Gasteiger partial charge in [-0.1, -0.05) is 18.6 Å². The quantitative estimate of drug-likeness (QED) is 0.677. The molecule has 0 amide bonds. The van der Waals surface area contributed by atoms with E-state index in [0.717, 1.165) is 6.54 Å². The van der Waals surface area contributed by atoms with Gasteiger partial charge in [0.1, 0.15) is 0 Å². The van der Waals surface area contributed by atoms with E-state index >= 15 is 0 Å². The van der Waals surface area contributed by atoms with Crippen LogP contribution in [0.1, 0.15) is 54.1 Å². The molecule has 0 saturated carbocycles. The smallest absolute Gasteiger partial charge is 0.0486 e. The van der Waals surface area contributed by atoms with Gasteiger partial charge in [0.2, 0.25) is 0 Å². The van der Waals surface area contributed by atoms with Crippen LogP contribution in [0.5, 0.6) is 0 Å². The molecule has 5 rings (SSSR count). The number of benzene rings is 1. The first-order valence-corrected chi connectivity index (χ1v) is 9.98. The van der Waals surface area contributed by atoms with Gasteiger partial charge in [0, 0.05) is 54.5 Å². The highest BCUT2D eigenvalue weighted by Crippen LogP contribution is 2.43. The van der Waals surface area contributed by atoms with Gasteiger partial charge in [0.25, 0.3) is 0 Å². The summed E-state index contributed by atoms with van der Waals surface area (Å²) in [7, 11) is 0. The van der Waals surface area contributed by atoms with Gasteiger partial charge in [0.05, 0.1) is 0 Å². The summed E-state index contributed by atoms with van der Waals surface area (Å²) in [4.78, 5) is 6.89. The van der Waals surface area contributed by atoms with Gasteiger partial charge < -0.3 is 4.57 Å². The highest BCUT2D eigenvalue weighted by molar-refractivity contribution is 5.87. The van der Waals surface area contributed by atoms with E-state index in [0.29, 0.717) is 12.0 Å². The van der Waals surface area contributed by atoms with Crippen molar-refractivity contribution in [2.45, 2.75) is 51.6 Å². The van der Waals surface area contributed by atoms with E-state index in [2.05, 4.69) is 58.6 Å². The molecule has 134 valence electrons. The molecule has 3 nitrogen and oxygen atoms in total. The first-order valence-electron chi connectivity index (χ1n) is 9.98. The molecule has 1 aromatic carbocycles. The summed E-state index contributed by atoms with van der Waals surface area (Å²) in [6, 6.07) is 12.0. The maximum Gasteiger partial charge on any atom is 0.0486 e. The SMILES string of the molecule is Cc1ccc2c(c1)c1c(n2CC(C)c2ccncc2)CCN2CCCC12. The minimum atomic E-state index is 0.487. The van der Waals surface area contributed by atoms with Crippen LogP contribution < -0.4 is 0 Å². The van der Waals surface area contributed by atoms with Gasteiger partial charge >= 0.3 is 0 Å². The fourth-order valence-corrected chi connectivity index (χ4v) is 5.14. The van der Waals surface area contributed by atoms with Crippen molar-refractivity contribution in [1.29, 1.82) is 0 Å². The Labute approximate surface area is 155 Å². The van der Waals surface area contributed by atoms with Gasteiger partial charge in [-0.05, 0) is 67.6 Å². The van der Waals surface area contributed by atoms with Crippen LogP contribution in [0.4, 0.5) is 0 Å². The summed E-state index contributed by atoms with van der Waals surface area (Å²) in [6.07, 6.45) is 7.67. The summed E-state index contributed by atoms with van der Waals surface area (Å²) in [5.41, 5.74) is 7.40. The minimum absolute atomic E-state index is 0.487. The molecule has 0 aliphatic carbocycles. The van der Waals surface area contributed by atoms with Crippen LogP contribution in [0.15, 0.2) is 42.7 Å². The third kappa shape index (κ3) is 2.49. The molecule has 0 spiro atoms. The van der Waals surface area contributed by atoms with Crippen molar-refractivity contribution in [3.8, 4) is 0 Å². The number of pyridine rings is 1. The molecular formula is C23H27N3.